The first-order valence-corrected chi connectivity index (χ1v) is 9.42. The van der Waals surface area contributed by atoms with Gasteiger partial charge in [0.25, 0.3) is 5.91 Å². The number of halogens is 1. The molecule has 0 saturated heterocycles. The van der Waals surface area contributed by atoms with E-state index >= 15 is 0 Å². The Morgan fingerprint density at radius 2 is 1.68 bits per heavy atom. The number of nitrogens with one attached hydrogen (secondary N) is 1. The van der Waals surface area contributed by atoms with Gasteiger partial charge in [0.1, 0.15) is 12.4 Å². The number of benzene rings is 3. The summed E-state index contributed by atoms with van der Waals surface area (Å²) in [7, 11) is 0. The molecule has 0 unspecified atom stereocenters. The molecule has 0 saturated carbocycles. The van der Waals surface area contributed by atoms with Crippen molar-refractivity contribution in [1.29, 1.82) is 0 Å². The van der Waals surface area contributed by atoms with Gasteiger partial charge in [-0.3, -0.25) is 4.79 Å². The van der Waals surface area contributed by atoms with Crippen molar-refractivity contribution in [3.05, 3.63) is 101 Å². The van der Waals surface area contributed by atoms with Crippen LogP contribution in [-0.2, 0) is 13.0 Å². The molecule has 142 valence electrons. The summed E-state index contributed by atoms with van der Waals surface area (Å²) in [6.45, 7) is 0.372. The van der Waals surface area contributed by atoms with E-state index in [1.54, 1.807) is 30.5 Å². The highest BCUT2D eigenvalue weighted by Crippen LogP contribution is 2.19. The van der Waals surface area contributed by atoms with E-state index in [0.29, 0.717) is 22.9 Å². The van der Waals surface area contributed by atoms with Gasteiger partial charge in [0.2, 0.25) is 0 Å². The fourth-order valence-electron chi connectivity index (χ4n) is 2.59. The molecule has 1 N–H and O–H groups in total. The van der Waals surface area contributed by atoms with Crippen LogP contribution in [0.15, 0.2) is 84.0 Å². The molecule has 0 atom stereocenters. The van der Waals surface area contributed by atoms with E-state index < -0.39 is 0 Å². The van der Waals surface area contributed by atoms with Crippen molar-refractivity contribution < 1.29 is 9.53 Å². The summed E-state index contributed by atoms with van der Waals surface area (Å²) in [6.07, 6.45) is 3.36. The van der Waals surface area contributed by atoms with E-state index in [4.69, 9.17) is 16.3 Å². The average molecular weight is 393 g/mol. The second kappa shape index (κ2) is 10.3. The van der Waals surface area contributed by atoms with E-state index in [1.807, 2.05) is 42.5 Å². The van der Waals surface area contributed by atoms with Crippen molar-refractivity contribution >= 4 is 23.7 Å². The third kappa shape index (κ3) is 5.96. The summed E-state index contributed by atoms with van der Waals surface area (Å²) in [5, 5.41) is 4.67. The Morgan fingerprint density at radius 3 is 2.43 bits per heavy atom. The van der Waals surface area contributed by atoms with Crippen LogP contribution in [-0.4, -0.2) is 12.1 Å². The van der Waals surface area contributed by atoms with Gasteiger partial charge in [-0.25, -0.2) is 5.43 Å². The number of nitrogens with zero attached hydrogens (tertiary/aromatic N) is 1. The van der Waals surface area contributed by atoms with E-state index in [0.717, 1.165) is 18.4 Å². The molecule has 0 fully saturated rings. The molecule has 0 bridgehead atoms. The molecule has 0 aliphatic heterocycles. The maximum Gasteiger partial charge on any atom is 0.271 e. The lowest BCUT2D eigenvalue weighted by Crippen LogP contribution is -2.17. The van der Waals surface area contributed by atoms with Crippen LogP contribution in [0.25, 0.3) is 0 Å². The number of carbonyl (C=O) groups excluding carboxylic acids is 1. The minimum atomic E-state index is -0.256. The minimum absolute atomic E-state index is 0.256. The molecule has 0 radical (unpaired) electrons. The SMILES string of the molecule is O=C(NN=CCCc1ccccc1)c1ccc(OCc2ccccc2Cl)cc1. The summed E-state index contributed by atoms with van der Waals surface area (Å²) in [5.74, 6) is 0.413. The topological polar surface area (TPSA) is 50.7 Å². The van der Waals surface area contributed by atoms with Crippen LogP contribution in [0.5, 0.6) is 5.75 Å². The molecule has 4 nitrogen and oxygen atoms in total. The number of carbonyl (C=O) groups is 1. The Kier molecular flexibility index (Phi) is 7.21. The zero-order valence-corrected chi connectivity index (χ0v) is 16.1. The number of amides is 1. The van der Waals surface area contributed by atoms with E-state index in [-0.39, 0.29) is 5.91 Å². The number of hydrazone groups is 1. The van der Waals surface area contributed by atoms with Gasteiger partial charge in [-0.1, -0.05) is 60.1 Å². The third-order valence-electron chi connectivity index (χ3n) is 4.13. The first-order valence-electron chi connectivity index (χ1n) is 9.04. The van der Waals surface area contributed by atoms with Gasteiger partial charge in [-0.15, -0.1) is 0 Å². The first kappa shape index (κ1) is 19.6. The second-order valence-corrected chi connectivity index (χ2v) is 6.59. The monoisotopic (exact) mass is 392 g/mol. The first-order chi connectivity index (χ1) is 13.7. The van der Waals surface area contributed by atoms with Crippen molar-refractivity contribution in [3.63, 3.8) is 0 Å². The van der Waals surface area contributed by atoms with Crippen molar-refractivity contribution in [2.45, 2.75) is 19.4 Å². The van der Waals surface area contributed by atoms with Crippen molar-refractivity contribution in [2.24, 2.45) is 5.10 Å². The quantitative estimate of drug-likeness (QED) is 0.419. The van der Waals surface area contributed by atoms with E-state index in [2.05, 4.69) is 22.7 Å². The maximum absolute atomic E-state index is 12.1. The predicted molar refractivity (Wildman–Crippen MR) is 113 cm³/mol. The summed E-state index contributed by atoms with van der Waals surface area (Å²) >= 11 is 6.12. The molecule has 5 heteroatoms. The molecule has 3 rings (SSSR count). The van der Waals surface area contributed by atoms with Crippen LogP contribution in [0.2, 0.25) is 5.02 Å². The highest BCUT2D eigenvalue weighted by molar-refractivity contribution is 6.31. The molecular formula is C23H21ClN2O2. The fourth-order valence-corrected chi connectivity index (χ4v) is 2.78. The Balaban J connectivity index is 1.44. The molecule has 0 aliphatic rings. The Labute approximate surface area is 169 Å². The normalized spacial score (nSPS) is 10.8. The summed E-state index contributed by atoms with van der Waals surface area (Å²) in [6, 6.07) is 24.6. The molecule has 3 aromatic rings. The number of hydrogen-bond donors (Lipinski definition) is 1. The molecule has 28 heavy (non-hydrogen) atoms. The van der Waals surface area contributed by atoms with Gasteiger partial charge in [-0.2, -0.15) is 5.10 Å². The summed E-state index contributed by atoms with van der Waals surface area (Å²) in [5.41, 5.74) is 5.22. The van der Waals surface area contributed by atoms with Gasteiger partial charge in [0.15, 0.2) is 0 Å². The largest absolute Gasteiger partial charge is 0.489 e. The molecular weight excluding hydrogens is 372 g/mol. The smallest absolute Gasteiger partial charge is 0.271 e. The van der Waals surface area contributed by atoms with E-state index in [9.17, 15) is 4.79 Å². The molecule has 0 spiro atoms. The highest BCUT2D eigenvalue weighted by Gasteiger charge is 2.05. The van der Waals surface area contributed by atoms with Crippen molar-refractivity contribution in [2.75, 3.05) is 0 Å². The Morgan fingerprint density at radius 1 is 0.964 bits per heavy atom. The highest BCUT2D eigenvalue weighted by atomic mass is 35.5. The lowest BCUT2D eigenvalue weighted by molar-refractivity contribution is 0.0955. The molecule has 0 heterocycles. The predicted octanol–water partition coefficient (Wildman–Crippen LogP) is 5.27. The van der Waals surface area contributed by atoms with Crippen LogP contribution < -0.4 is 10.2 Å². The zero-order valence-electron chi connectivity index (χ0n) is 15.3. The van der Waals surface area contributed by atoms with Crippen LogP contribution in [0.1, 0.15) is 27.9 Å². The van der Waals surface area contributed by atoms with Crippen molar-refractivity contribution in [3.8, 4) is 5.75 Å². The van der Waals surface area contributed by atoms with Gasteiger partial charge >= 0.3 is 0 Å². The zero-order chi connectivity index (χ0) is 19.6. The van der Waals surface area contributed by atoms with Crippen LogP contribution >= 0.6 is 11.6 Å². The van der Waals surface area contributed by atoms with Crippen LogP contribution in [0.3, 0.4) is 0 Å². The van der Waals surface area contributed by atoms with Gasteiger partial charge in [0, 0.05) is 22.4 Å². The summed E-state index contributed by atoms with van der Waals surface area (Å²) < 4.78 is 5.72. The average Bonchev–Trinajstić information content (AvgIpc) is 2.74. The Bertz CT molecular complexity index is 925. The lowest BCUT2D eigenvalue weighted by Gasteiger charge is -2.08. The molecule has 3 aromatic carbocycles. The molecule has 0 aromatic heterocycles. The Hall–Kier alpha value is -3.11. The number of ether oxygens (including phenoxy) is 1. The van der Waals surface area contributed by atoms with Gasteiger partial charge < -0.3 is 4.74 Å². The second-order valence-electron chi connectivity index (χ2n) is 6.18. The lowest BCUT2D eigenvalue weighted by atomic mass is 10.1. The maximum atomic E-state index is 12.1. The van der Waals surface area contributed by atoms with Crippen molar-refractivity contribution in [1.82, 2.24) is 5.43 Å². The fraction of sp³-hybridized carbons (Fsp3) is 0.130. The number of hydrogen-bond acceptors (Lipinski definition) is 3. The van der Waals surface area contributed by atoms with Gasteiger partial charge in [-0.05, 0) is 48.7 Å². The molecule has 1 amide bonds. The van der Waals surface area contributed by atoms with Crippen LogP contribution in [0.4, 0.5) is 0 Å². The molecule has 0 aliphatic carbocycles. The van der Waals surface area contributed by atoms with Gasteiger partial charge in [0.05, 0.1) is 0 Å². The number of rotatable bonds is 8. The van der Waals surface area contributed by atoms with Crippen LogP contribution in [0, 0.1) is 0 Å². The minimum Gasteiger partial charge on any atom is -0.489 e. The van der Waals surface area contributed by atoms with E-state index in [1.165, 1.54) is 5.56 Å². The summed E-state index contributed by atoms with van der Waals surface area (Å²) in [4.78, 5) is 12.1. The third-order valence-corrected chi connectivity index (χ3v) is 4.50. The number of aryl methyl sites for hydroxylation is 1. The standard InChI is InChI=1S/C23H21ClN2O2/c24-22-11-5-4-10-20(22)17-28-21-14-12-19(13-15-21)23(27)26-25-16-6-9-18-7-2-1-3-8-18/h1-5,7-8,10-16H,6,9,17H2,(H,26,27).